The number of aromatic nitrogens is 2. The van der Waals surface area contributed by atoms with Crippen LogP contribution >= 0.6 is 11.8 Å². The van der Waals surface area contributed by atoms with Gasteiger partial charge in [-0.1, -0.05) is 33.5 Å². The van der Waals surface area contributed by atoms with Crippen LogP contribution in [0.4, 0.5) is 0 Å². The Bertz CT molecular complexity index is 431. The summed E-state index contributed by atoms with van der Waals surface area (Å²) in [5.41, 5.74) is 1.22. The van der Waals surface area contributed by atoms with Gasteiger partial charge in [0.25, 0.3) is 0 Å². The molecule has 3 nitrogen and oxygen atoms in total. The number of imidazole rings is 1. The highest BCUT2D eigenvalue weighted by Crippen LogP contribution is 2.28. The van der Waals surface area contributed by atoms with Gasteiger partial charge in [0.2, 0.25) is 0 Å². The van der Waals surface area contributed by atoms with Gasteiger partial charge in [0, 0.05) is 5.75 Å². The maximum absolute atomic E-state index is 4.85. The molecule has 1 aliphatic heterocycles. The minimum absolute atomic E-state index is 0.472. The van der Waals surface area contributed by atoms with E-state index in [9.17, 15) is 0 Å². The van der Waals surface area contributed by atoms with E-state index in [1.54, 1.807) is 0 Å². The topological polar surface area (TPSA) is 30.2 Å². The zero-order chi connectivity index (χ0) is 12.6. The Morgan fingerprint density at radius 2 is 2.12 bits per heavy atom. The molecule has 0 aliphatic carbocycles. The molecule has 1 aromatic rings. The number of hydrogen-bond donors (Lipinski definition) is 0. The van der Waals surface area contributed by atoms with Crippen LogP contribution in [0.25, 0.3) is 0 Å². The molecule has 0 spiro atoms. The first kappa shape index (κ1) is 12.9. The van der Waals surface area contributed by atoms with Crippen molar-refractivity contribution in [1.82, 2.24) is 9.22 Å². The summed E-state index contributed by atoms with van der Waals surface area (Å²) >= 11 is 1.88. The van der Waals surface area contributed by atoms with Crippen LogP contribution in [0.5, 0.6) is 0 Å². The third-order valence-electron chi connectivity index (χ3n) is 3.02. The van der Waals surface area contributed by atoms with Crippen LogP contribution in [0.2, 0.25) is 19.6 Å². The van der Waals surface area contributed by atoms with Crippen molar-refractivity contribution >= 4 is 25.0 Å². The van der Waals surface area contributed by atoms with Gasteiger partial charge in [-0.3, -0.25) is 4.99 Å². The Labute approximate surface area is 109 Å². The number of nitrogens with zero attached hydrogens (tertiary/aromatic N) is 3. The largest absolute Gasteiger partial charge is 0.357 e. The van der Waals surface area contributed by atoms with Crippen molar-refractivity contribution in [3.63, 3.8) is 0 Å². The summed E-state index contributed by atoms with van der Waals surface area (Å²) in [6, 6.07) is 0.472. The molecule has 0 radical (unpaired) electrons. The minimum Gasteiger partial charge on any atom is -0.357 e. The van der Waals surface area contributed by atoms with Gasteiger partial charge >= 0.3 is 0 Å². The van der Waals surface area contributed by atoms with Gasteiger partial charge in [-0.05, 0) is 5.92 Å². The van der Waals surface area contributed by atoms with E-state index in [1.807, 2.05) is 24.3 Å². The summed E-state index contributed by atoms with van der Waals surface area (Å²) < 4.78 is 2.35. The average Bonchev–Trinajstić information content (AvgIpc) is 2.85. The lowest BCUT2D eigenvalue weighted by molar-refractivity contribution is 0.543. The highest BCUT2D eigenvalue weighted by molar-refractivity contribution is 8.14. The normalized spacial score (nSPS) is 21.1. The highest BCUT2D eigenvalue weighted by atomic mass is 32.2. The Morgan fingerprint density at radius 3 is 2.65 bits per heavy atom. The summed E-state index contributed by atoms with van der Waals surface area (Å²) in [6.45, 7) is 11.5. The number of rotatable bonds is 3. The van der Waals surface area contributed by atoms with Gasteiger partial charge in [0.15, 0.2) is 8.24 Å². The first-order chi connectivity index (χ1) is 7.89. The third-order valence-corrected chi connectivity index (χ3v) is 5.92. The van der Waals surface area contributed by atoms with Gasteiger partial charge in [0.05, 0.1) is 24.3 Å². The highest BCUT2D eigenvalue weighted by Gasteiger charge is 2.27. The Morgan fingerprint density at radius 1 is 1.41 bits per heavy atom. The monoisotopic (exact) mass is 267 g/mol. The predicted molar refractivity (Wildman–Crippen MR) is 78.6 cm³/mol. The summed E-state index contributed by atoms with van der Waals surface area (Å²) in [6.07, 6.45) is 3.93. The van der Waals surface area contributed by atoms with Gasteiger partial charge in [-0.2, -0.15) is 0 Å². The molecule has 0 fully saturated rings. The molecular formula is C12H21N3SSi. The molecule has 2 heterocycles. The van der Waals surface area contributed by atoms with Crippen LogP contribution in [0.1, 0.15) is 19.5 Å². The van der Waals surface area contributed by atoms with Crippen molar-refractivity contribution in [3.05, 3.63) is 18.2 Å². The number of hydrogen-bond acceptors (Lipinski definition) is 3. The Balaban J connectivity index is 2.31. The second-order valence-electron chi connectivity index (χ2n) is 5.88. The first-order valence-electron chi connectivity index (χ1n) is 6.13. The predicted octanol–water partition coefficient (Wildman–Crippen LogP) is 3.08. The molecule has 1 aliphatic rings. The van der Waals surface area contributed by atoms with Crippen LogP contribution in [0.3, 0.4) is 0 Å². The van der Waals surface area contributed by atoms with E-state index in [1.165, 1.54) is 10.7 Å². The maximum atomic E-state index is 4.85. The molecule has 0 saturated heterocycles. The van der Waals surface area contributed by atoms with Crippen molar-refractivity contribution in [3.8, 4) is 0 Å². The lowest BCUT2D eigenvalue weighted by Crippen LogP contribution is -2.33. The van der Waals surface area contributed by atoms with E-state index in [2.05, 4.69) is 42.7 Å². The van der Waals surface area contributed by atoms with Crippen molar-refractivity contribution in [2.24, 2.45) is 10.9 Å². The van der Waals surface area contributed by atoms with Gasteiger partial charge < -0.3 is 4.23 Å². The van der Waals surface area contributed by atoms with E-state index >= 15 is 0 Å². The zero-order valence-electron chi connectivity index (χ0n) is 11.3. The van der Waals surface area contributed by atoms with E-state index in [0.29, 0.717) is 12.0 Å². The van der Waals surface area contributed by atoms with Crippen LogP contribution in [0, 0.1) is 5.92 Å². The number of aliphatic imine (C=N–C) groups is 1. The van der Waals surface area contributed by atoms with Crippen molar-refractivity contribution in [1.29, 1.82) is 0 Å². The maximum Gasteiger partial charge on any atom is 0.154 e. The van der Waals surface area contributed by atoms with E-state index < -0.39 is 8.24 Å². The molecule has 5 heteroatoms. The molecule has 0 aromatic carbocycles. The average molecular weight is 267 g/mol. The molecule has 94 valence electrons. The smallest absolute Gasteiger partial charge is 0.154 e. The van der Waals surface area contributed by atoms with E-state index in [4.69, 9.17) is 4.99 Å². The van der Waals surface area contributed by atoms with Gasteiger partial charge in [-0.25, -0.2) is 4.98 Å². The SMILES string of the molecule is CC(C)C1CSC(c2cncn2[Si](C)(C)C)=N1. The Kier molecular flexibility index (Phi) is 3.50. The fourth-order valence-electron chi connectivity index (χ4n) is 1.86. The van der Waals surface area contributed by atoms with Crippen LogP contribution in [0.15, 0.2) is 17.5 Å². The van der Waals surface area contributed by atoms with Crippen molar-refractivity contribution in [2.75, 3.05) is 5.75 Å². The van der Waals surface area contributed by atoms with Crippen LogP contribution < -0.4 is 0 Å². The van der Waals surface area contributed by atoms with E-state index in [-0.39, 0.29) is 0 Å². The van der Waals surface area contributed by atoms with E-state index in [0.717, 1.165) is 5.75 Å². The summed E-state index contributed by atoms with van der Waals surface area (Å²) in [7, 11) is -1.38. The molecule has 1 atom stereocenters. The second-order valence-corrected chi connectivity index (χ2v) is 11.7. The lowest BCUT2D eigenvalue weighted by Gasteiger charge is -2.20. The first-order valence-corrected chi connectivity index (χ1v) is 10.6. The van der Waals surface area contributed by atoms with Crippen molar-refractivity contribution < 1.29 is 0 Å². The molecule has 2 rings (SSSR count). The molecule has 0 bridgehead atoms. The lowest BCUT2D eigenvalue weighted by atomic mass is 10.1. The third kappa shape index (κ3) is 2.65. The molecule has 17 heavy (non-hydrogen) atoms. The van der Waals surface area contributed by atoms with Crippen molar-refractivity contribution in [2.45, 2.75) is 39.5 Å². The quantitative estimate of drug-likeness (QED) is 0.788. The summed E-state index contributed by atoms with van der Waals surface area (Å²) in [4.78, 5) is 9.15. The zero-order valence-corrected chi connectivity index (χ0v) is 13.1. The molecule has 0 amide bonds. The number of thioether (sulfide) groups is 1. The summed E-state index contributed by atoms with van der Waals surface area (Å²) in [5, 5.41) is 1.18. The molecular weight excluding hydrogens is 246 g/mol. The fourth-order valence-corrected chi connectivity index (χ4v) is 4.54. The van der Waals surface area contributed by atoms with Crippen LogP contribution in [-0.2, 0) is 0 Å². The standard InChI is InChI=1S/C12H21N3SSi/c1-9(2)10-7-16-12(14-10)11-6-13-8-15(11)17(3,4)5/h6,8-10H,7H2,1-5H3. The van der Waals surface area contributed by atoms with Gasteiger partial charge in [0.1, 0.15) is 5.04 Å². The molecule has 0 N–H and O–H groups in total. The molecule has 0 saturated carbocycles. The molecule has 1 unspecified atom stereocenters. The Hall–Kier alpha value is -0.553. The summed E-state index contributed by atoms with van der Waals surface area (Å²) in [5.74, 6) is 1.74. The minimum atomic E-state index is -1.38. The fraction of sp³-hybridized carbons (Fsp3) is 0.667. The second kappa shape index (κ2) is 4.61. The van der Waals surface area contributed by atoms with Crippen LogP contribution in [-0.4, -0.2) is 34.3 Å². The van der Waals surface area contributed by atoms with Gasteiger partial charge in [-0.15, -0.1) is 11.8 Å². The molecule has 1 aromatic heterocycles.